The van der Waals surface area contributed by atoms with Crippen molar-refractivity contribution < 1.29 is 22.3 Å². The molecule has 3 rings (SSSR count). The molecule has 0 radical (unpaired) electrons. The third kappa shape index (κ3) is 6.06. The first-order chi connectivity index (χ1) is 15.3. The zero-order valence-electron chi connectivity index (χ0n) is 17.4. The summed E-state index contributed by atoms with van der Waals surface area (Å²) in [6.45, 7) is 0. The first kappa shape index (κ1) is 24.2. The van der Waals surface area contributed by atoms with E-state index >= 15 is 0 Å². The summed E-state index contributed by atoms with van der Waals surface area (Å²) in [5.41, 5.74) is 1.01. The van der Waals surface area contributed by atoms with Gasteiger partial charge in [-0.3, -0.25) is 4.79 Å². The monoisotopic (exact) mass is 495 g/mol. The zero-order chi connectivity index (χ0) is 23.1. The lowest BCUT2D eigenvalue weighted by molar-refractivity contribution is -0.117. The number of thioether (sulfide) groups is 1. The van der Waals surface area contributed by atoms with Crippen molar-refractivity contribution in [2.75, 3.05) is 24.4 Å². The second kappa shape index (κ2) is 10.9. The maximum Gasteiger partial charge on any atom is 0.244 e. The molecule has 0 fully saturated rings. The predicted molar refractivity (Wildman–Crippen MR) is 126 cm³/mol. The van der Waals surface area contributed by atoms with Crippen molar-refractivity contribution in [3.05, 3.63) is 59.7 Å². The Hall–Kier alpha value is -2.47. The number of thiazole rings is 1. The number of carbonyl (C=O) groups excluding carboxylic acids is 1. The van der Waals surface area contributed by atoms with Crippen LogP contribution in [-0.4, -0.2) is 44.5 Å². The standard InChI is InChI=1S/C21H22FN3O4S3/c1-29-19-9-8-14(12-16(19)22)18-13-31-21(23-18)24-20(26)17(10-11-30-2)25-32(27,28)15-6-4-3-5-7-15/h3-9,12-13,17,25H,10-11H2,1-2H3,(H,23,24,26). The van der Waals surface area contributed by atoms with E-state index in [4.69, 9.17) is 4.74 Å². The lowest BCUT2D eigenvalue weighted by atomic mass is 10.1. The maximum absolute atomic E-state index is 14.0. The number of ether oxygens (including phenoxy) is 1. The van der Waals surface area contributed by atoms with Gasteiger partial charge in [-0.2, -0.15) is 16.5 Å². The molecule has 11 heteroatoms. The van der Waals surface area contributed by atoms with E-state index in [1.807, 2.05) is 6.26 Å². The van der Waals surface area contributed by atoms with Crippen LogP contribution in [0.25, 0.3) is 11.3 Å². The topological polar surface area (TPSA) is 97.4 Å². The molecule has 0 aliphatic carbocycles. The molecule has 0 saturated carbocycles. The number of rotatable bonds is 10. The fourth-order valence-corrected chi connectivity index (χ4v) is 5.26. The number of sulfonamides is 1. The minimum atomic E-state index is -3.87. The van der Waals surface area contributed by atoms with E-state index in [1.165, 1.54) is 43.1 Å². The Morgan fingerprint density at radius 1 is 1.25 bits per heavy atom. The van der Waals surface area contributed by atoms with Crippen molar-refractivity contribution in [3.63, 3.8) is 0 Å². The van der Waals surface area contributed by atoms with Gasteiger partial charge in [0.05, 0.1) is 17.7 Å². The third-order valence-corrected chi connectivity index (χ3v) is 7.35. The van der Waals surface area contributed by atoms with Crippen molar-refractivity contribution >= 4 is 44.2 Å². The summed E-state index contributed by atoms with van der Waals surface area (Å²) in [5.74, 6) is -0.319. The molecule has 2 aromatic carbocycles. The summed E-state index contributed by atoms with van der Waals surface area (Å²) in [6, 6.07) is 11.4. The molecule has 0 aliphatic rings. The van der Waals surface area contributed by atoms with Crippen LogP contribution in [0.3, 0.4) is 0 Å². The summed E-state index contributed by atoms with van der Waals surface area (Å²) in [4.78, 5) is 17.3. The highest BCUT2D eigenvalue weighted by atomic mass is 32.2. The summed E-state index contributed by atoms with van der Waals surface area (Å²) >= 11 is 2.67. The van der Waals surface area contributed by atoms with Gasteiger partial charge in [0.1, 0.15) is 6.04 Å². The van der Waals surface area contributed by atoms with Gasteiger partial charge >= 0.3 is 0 Å². The first-order valence-corrected chi connectivity index (χ1v) is 13.3. The highest BCUT2D eigenvalue weighted by Crippen LogP contribution is 2.28. The molecule has 0 saturated heterocycles. The number of amides is 1. The molecule has 3 aromatic rings. The Morgan fingerprint density at radius 2 is 2.00 bits per heavy atom. The van der Waals surface area contributed by atoms with Gasteiger partial charge in [0.25, 0.3) is 0 Å². The van der Waals surface area contributed by atoms with Crippen LogP contribution in [0, 0.1) is 5.82 Å². The van der Waals surface area contributed by atoms with Gasteiger partial charge in [-0.25, -0.2) is 17.8 Å². The van der Waals surface area contributed by atoms with Gasteiger partial charge in [-0.05, 0) is 48.8 Å². The van der Waals surface area contributed by atoms with Gasteiger partial charge in [0.2, 0.25) is 15.9 Å². The van der Waals surface area contributed by atoms with Crippen molar-refractivity contribution in [3.8, 4) is 17.0 Å². The van der Waals surface area contributed by atoms with Crippen LogP contribution in [0.1, 0.15) is 6.42 Å². The van der Waals surface area contributed by atoms with Crippen molar-refractivity contribution in [2.45, 2.75) is 17.4 Å². The minimum absolute atomic E-state index is 0.0834. The van der Waals surface area contributed by atoms with Gasteiger partial charge in [-0.15, -0.1) is 11.3 Å². The van der Waals surface area contributed by atoms with E-state index in [1.54, 1.807) is 29.6 Å². The molecule has 0 spiro atoms. The molecular formula is C21H22FN3O4S3. The number of nitrogens with one attached hydrogen (secondary N) is 2. The van der Waals surface area contributed by atoms with Crippen LogP contribution < -0.4 is 14.8 Å². The minimum Gasteiger partial charge on any atom is -0.494 e. The van der Waals surface area contributed by atoms with E-state index < -0.39 is 27.8 Å². The second-order valence-electron chi connectivity index (χ2n) is 6.64. The van der Waals surface area contributed by atoms with Crippen LogP contribution in [0.5, 0.6) is 5.75 Å². The maximum atomic E-state index is 14.0. The molecule has 7 nitrogen and oxygen atoms in total. The lowest BCUT2D eigenvalue weighted by Crippen LogP contribution is -2.44. The van der Waals surface area contributed by atoms with E-state index in [0.717, 1.165) is 11.3 Å². The first-order valence-electron chi connectivity index (χ1n) is 9.50. The molecule has 170 valence electrons. The largest absolute Gasteiger partial charge is 0.494 e. The van der Waals surface area contributed by atoms with Crippen LogP contribution in [-0.2, 0) is 14.8 Å². The summed E-state index contributed by atoms with van der Waals surface area (Å²) in [6.07, 6.45) is 2.18. The average molecular weight is 496 g/mol. The van der Waals surface area contributed by atoms with Crippen LogP contribution in [0.15, 0.2) is 58.8 Å². The Balaban J connectivity index is 1.75. The van der Waals surface area contributed by atoms with E-state index in [0.29, 0.717) is 23.4 Å². The Kier molecular flexibility index (Phi) is 8.24. The normalized spacial score (nSPS) is 12.3. The summed E-state index contributed by atoms with van der Waals surface area (Å²) in [5, 5.41) is 4.63. The highest BCUT2D eigenvalue weighted by Gasteiger charge is 2.26. The Bertz CT molecular complexity index is 1170. The van der Waals surface area contributed by atoms with Crippen LogP contribution in [0.4, 0.5) is 9.52 Å². The van der Waals surface area contributed by atoms with Crippen molar-refractivity contribution in [1.29, 1.82) is 0 Å². The number of carbonyl (C=O) groups is 1. The molecule has 1 unspecified atom stereocenters. The number of hydrogen-bond donors (Lipinski definition) is 2. The van der Waals surface area contributed by atoms with Gasteiger partial charge in [0, 0.05) is 10.9 Å². The average Bonchev–Trinajstić information content (AvgIpc) is 3.25. The van der Waals surface area contributed by atoms with Crippen molar-refractivity contribution in [1.82, 2.24) is 9.71 Å². The number of anilines is 1. The third-order valence-electron chi connectivity index (χ3n) is 4.46. The second-order valence-corrected chi connectivity index (χ2v) is 10.2. The van der Waals surface area contributed by atoms with E-state index in [-0.39, 0.29) is 15.8 Å². The number of aromatic nitrogens is 1. The molecule has 0 bridgehead atoms. The molecule has 1 aromatic heterocycles. The fraction of sp³-hybridized carbons (Fsp3) is 0.238. The smallest absolute Gasteiger partial charge is 0.244 e. The van der Waals surface area contributed by atoms with Gasteiger partial charge in [0.15, 0.2) is 16.7 Å². The van der Waals surface area contributed by atoms with Crippen LogP contribution >= 0.6 is 23.1 Å². The Morgan fingerprint density at radius 3 is 2.66 bits per heavy atom. The SMILES string of the molecule is COc1ccc(-c2csc(NC(=O)C(CCSC)NS(=O)(=O)c3ccccc3)n2)cc1F. The fourth-order valence-electron chi connectivity index (χ4n) is 2.82. The molecule has 1 atom stereocenters. The molecular weight excluding hydrogens is 473 g/mol. The van der Waals surface area contributed by atoms with Gasteiger partial charge in [-0.1, -0.05) is 18.2 Å². The molecule has 0 aliphatic heterocycles. The number of methoxy groups -OCH3 is 1. The highest BCUT2D eigenvalue weighted by molar-refractivity contribution is 7.98. The van der Waals surface area contributed by atoms with E-state index in [2.05, 4.69) is 15.0 Å². The molecule has 2 N–H and O–H groups in total. The van der Waals surface area contributed by atoms with E-state index in [9.17, 15) is 17.6 Å². The van der Waals surface area contributed by atoms with Crippen LogP contribution in [0.2, 0.25) is 0 Å². The molecule has 1 heterocycles. The Labute approximate surface area is 194 Å². The number of halogens is 1. The summed E-state index contributed by atoms with van der Waals surface area (Å²) < 4.78 is 46.7. The number of nitrogens with zero attached hydrogens (tertiary/aromatic N) is 1. The number of hydrogen-bond acceptors (Lipinski definition) is 7. The molecule has 32 heavy (non-hydrogen) atoms. The lowest BCUT2D eigenvalue weighted by Gasteiger charge is -2.17. The quantitative estimate of drug-likeness (QED) is 0.441. The molecule has 1 amide bonds. The predicted octanol–water partition coefficient (Wildman–Crippen LogP) is 4.00. The number of benzene rings is 2. The zero-order valence-corrected chi connectivity index (χ0v) is 19.8. The van der Waals surface area contributed by atoms with Gasteiger partial charge < -0.3 is 10.1 Å². The summed E-state index contributed by atoms with van der Waals surface area (Å²) in [7, 11) is -2.48. The van der Waals surface area contributed by atoms with Crippen molar-refractivity contribution in [2.24, 2.45) is 0 Å².